The minimum absolute atomic E-state index is 0.154. The summed E-state index contributed by atoms with van der Waals surface area (Å²) in [5.74, 6) is -0.624. The average molecular weight is 427 g/mol. The van der Waals surface area contributed by atoms with Gasteiger partial charge in [0.25, 0.3) is 5.91 Å². The summed E-state index contributed by atoms with van der Waals surface area (Å²) in [5.41, 5.74) is 2.08. The molecule has 1 N–H and O–H groups in total. The van der Waals surface area contributed by atoms with E-state index >= 15 is 0 Å². The Morgan fingerprint density at radius 3 is 2.66 bits per heavy atom. The van der Waals surface area contributed by atoms with Crippen molar-refractivity contribution >= 4 is 46.6 Å². The van der Waals surface area contributed by atoms with E-state index in [2.05, 4.69) is 5.32 Å². The van der Waals surface area contributed by atoms with E-state index < -0.39 is 5.82 Å². The molecule has 0 spiro atoms. The summed E-state index contributed by atoms with van der Waals surface area (Å²) in [4.78, 5) is 26.4. The molecule has 146 valence electrons. The van der Waals surface area contributed by atoms with Crippen molar-refractivity contribution in [1.82, 2.24) is 0 Å². The molecule has 0 aliphatic carbocycles. The van der Waals surface area contributed by atoms with E-state index in [1.54, 1.807) is 60.7 Å². The number of hydrogen-bond acceptors (Lipinski definition) is 3. The zero-order valence-electron chi connectivity index (χ0n) is 15.1. The van der Waals surface area contributed by atoms with E-state index in [1.807, 2.05) is 6.07 Å². The van der Waals surface area contributed by atoms with Crippen LogP contribution in [0.1, 0.15) is 21.3 Å². The molecule has 7 heteroatoms. The van der Waals surface area contributed by atoms with Crippen molar-refractivity contribution in [3.8, 4) is 0 Å². The molecule has 0 saturated carbocycles. The summed E-state index contributed by atoms with van der Waals surface area (Å²) in [6.07, 6.45) is 0. The molecule has 4 nitrogen and oxygen atoms in total. The highest BCUT2D eigenvalue weighted by Crippen LogP contribution is 2.43. The molecule has 0 aromatic heterocycles. The number of rotatable bonds is 4. The third-order valence-corrected chi connectivity index (χ3v) is 5.94. The van der Waals surface area contributed by atoms with Crippen molar-refractivity contribution in [1.29, 1.82) is 0 Å². The zero-order chi connectivity index (χ0) is 20.4. The number of halogens is 2. The highest BCUT2D eigenvalue weighted by atomic mass is 35.5. The molecule has 0 radical (unpaired) electrons. The van der Waals surface area contributed by atoms with Gasteiger partial charge in [0.1, 0.15) is 11.2 Å². The molecule has 1 heterocycles. The van der Waals surface area contributed by atoms with Crippen molar-refractivity contribution in [3.05, 3.63) is 94.8 Å². The molecule has 1 saturated heterocycles. The van der Waals surface area contributed by atoms with Gasteiger partial charge in [-0.15, -0.1) is 11.8 Å². The van der Waals surface area contributed by atoms with E-state index in [-0.39, 0.29) is 28.6 Å². The van der Waals surface area contributed by atoms with Crippen molar-refractivity contribution in [2.75, 3.05) is 16.0 Å². The number of benzene rings is 3. The van der Waals surface area contributed by atoms with Gasteiger partial charge >= 0.3 is 0 Å². The van der Waals surface area contributed by atoms with Gasteiger partial charge in [-0.25, -0.2) is 4.39 Å². The number of para-hydroxylation sites is 1. The van der Waals surface area contributed by atoms with Crippen LogP contribution in [0.2, 0.25) is 5.02 Å². The molecule has 1 atom stereocenters. The Kier molecular flexibility index (Phi) is 5.56. The lowest BCUT2D eigenvalue weighted by atomic mass is 10.1. The van der Waals surface area contributed by atoms with Crippen molar-refractivity contribution in [2.24, 2.45) is 0 Å². The number of carbonyl (C=O) groups is 2. The van der Waals surface area contributed by atoms with Crippen LogP contribution >= 0.6 is 23.4 Å². The lowest BCUT2D eigenvalue weighted by molar-refractivity contribution is -0.115. The maximum Gasteiger partial charge on any atom is 0.255 e. The molecule has 1 aliphatic heterocycles. The Balaban J connectivity index is 1.60. The Morgan fingerprint density at radius 2 is 1.86 bits per heavy atom. The van der Waals surface area contributed by atoms with Crippen LogP contribution in [-0.4, -0.2) is 17.6 Å². The number of carbonyl (C=O) groups excluding carboxylic acids is 2. The fraction of sp³-hybridized carbons (Fsp3) is 0.0909. The number of nitrogens with one attached hydrogen (secondary N) is 1. The van der Waals surface area contributed by atoms with E-state index in [0.717, 1.165) is 5.56 Å². The quantitative estimate of drug-likeness (QED) is 0.598. The predicted molar refractivity (Wildman–Crippen MR) is 115 cm³/mol. The van der Waals surface area contributed by atoms with Gasteiger partial charge in [0.2, 0.25) is 5.91 Å². The molecule has 0 bridgehead atoms. The smallest absolute Gasteiger partial charge is 0.255 e. The monoisotopic (exact) mass is 426 g/mol. The summed E-state index contributed by atoms with van der Waals surface area (Å²) >= 11 is 7.37. The summed E-state index contributed by atoms with van der Waals surface area (Å²) in [7, 11) is 0. The average Bonchev–Trinajstić information content (AvgIpc) is 3.10. The maximum atomic E-state index is 14.3. The van der Waals surface area contributed by atoms with Crippen molar-refractivity contribution < 1.29 is 14.0 Å². The van der Waals surface area contributed by atoms with Crippen LogP contribution in [0.25, 0.3) is 0 Å². The van der Waals surface area contributed by atoms with Gasteiger partial charge in [-0.3, -0.25) is 14.5 Å². The minimum atomic E-state index is -0.446. The molecule has 3 aromatic carbocycles. The largest absolute Gasteiger partial charge is 0.322 e. The van der Waals surface area contributed by atoms with Gasteiger partial charge in [-0.2, -0.15) is 0 Å². The van der Waals surface area contributed by atoms with Gasteiger partial charge in [0.05, 0.1) is 11.4 Å². The number of anilines is 2. The maximum absolute atomic E-state index is 14.3. The minimum Gasteiger partial charge on any atom is -0.322 e. The van der Waals surface area contributed by atoms with Crippen LogP contribution in [-0.2, 0) is 4.79 Å². The molecular weight excluding hydrogens is 411 g/mol. The second-order valence-electron chi connectivity index (χ2n) is 6.47. The van der Waals surface area contributed by atoms with Crippen LogP contribution in [0.4, 0.5) is 15.8 Å². The second kappa shape index (κ2) is 8.27. The van der Waals surface area contributed by atoms with Crippen LogP contribution in [0.15, 0.2) is 72.8 Å². The molecule has 2 amide bonds. The van der Waals surface area contributed by atoms with Crippen LogP contribution in [0.3, 0.4) is 0 Å². The van der Waals surface area contributed by atoms with Crippen molar-refractivity contribution in [3.63, 3.8) is 0 Å². The third kappa shape index (κ3) is 4.13. The lowest BCUT2D eigenvalue weighted by Crippen LogP contribution is -2.28. The van der Waals surface area contributed by atoms with E-state index in [0.29, 0.717) is 16.3 Å². The molecule has 1 aliphatic rings. The van der Waals surface area contributed by atoms with Gasteiger partial charge in [-0.05, 0) is 48.0 Å². The first-order valence-electron chi connectivity index (χ1n) is 8.88. The van der Waals surface area contributed by atoms with Crippen LogP contribution < -0.4 is 10.2 Å². The van der Waals surface area contributed by atoms with E-state index in [9.17, 15) is 14.0 Å². The molecular formula is C22H16ClFN2O2S. The summed E-state index contributed by atoms with van der Waals surface area (Å²) < 4.78 is 14.3. The van der Waals surface area contributed by atoms with Gasteiger partial charge < -0.3 is 5.32 Å². The van der Waals surface area contributed by atoms with Crippen LogP contribution in [0.5, 0.6) is 0 Å². The highest BCUT2D eigenvalue weighted by Gasteiger charge is 2.35. The number of hydrogen-bond donors (Lipinski definition) is 1. The summed E-state index contributed by atoms with van der Waals surface area (Å²) in [5, 5.41) is 2.95. The summed E-state index contributed by atoms with van der Waals surface area (Å²) in [6, 6.07) is 20.1. The van der Waals surface area contributed by atoms with E-state index in [4.69, 9.17) is 11.6 Å². The number of nitrogens with zero attached hydrogens (tertiary/aromatic N) is 1. The Hall–Kier alpha value is -2.83. The van der Waals surface area contributed by atoms with E-state index in [1.165, 1.54) is 22.7 Å². The zero-order valence-corrected chi connectivity index (χ0v) is 16.7. The molecule has 4 rings (SSSR count). The van der Waals surface area contributed by atoms with Gasteiger partial charge in [0, 0.05) is 16.3 Å². The Labute approximate surface area is 176 Å². The molecule has 29 heavy (non-hydrogen) atoms. The molecule has 1 fully saturated rings. The first-order chi connectivity index (χ1) is 14.0. The molecule has 3 aromatic rings. The third-order valence-electron chi connectivity index (χ3n) is 4.50. The standard InChI is InChI=1S/C22H16ClFN2O2S/c23-16-7-3-5-14(11-16)21(28)25-17-8-4-6-15(12-17)22-26(20(27)13-29-22)19-10-2-1-9-18(19)24/h1-12,22H,13H2,(H,25,28)/t22-/m0/s1. The second-order valence-corrected chi connectivity index (χ2v) is 7.97. The first-order valence-corrected chi connectivity index (χ1v) is 10.3. The molecule has 0 unspecified atom stereocenters. The SMILES string of the molecule is O=C(Nc1cccc([C@@H]2SCC(=O)N2c2ccccc2F)c1)c1cccc(Cl)c1. The Morgan fingerprint density at radius 1 is 1.07 bits per heavy atom. The number of thioether (sulfide) groups is 1. The van der Waals surface area contributed by atoms with Gasteiger partial charge in [0.15, 0.2) is 0 Å². The van der Waals surface area contributed by atoms with Gasteiger partial charge in [-0.1, -0.05) is 41.9 Å². The topological polar surface area (TPSA) is 49.4 Å². The van der Waals surface area contributed by atoms with Crippen molar-refractivity contribution in [2.45, 2.75) is 5.37 Å². The van der Waals surface area contributed by atoms with Crippen LogP contribution in [0, 0.1) is 5.82 Å². The lowest BCUT2D eigenvalue weighted by Gasteiger charge is -2.25. The number of amides is 2. The summed E-state index contributed by atoms with van der Waals surface area (Å²) in [6.45, 7) is 0. The highest BCUT2D eigenvalue weighted by molar-refractivity contribution is 8.00. The predicted octanol–water partition coefficient (Wildman–Crippen LogP) is 5.51. The fourth-order valence-electron chi connectivity index (χ4n) is 3.18. The normalized spacial score (nSPS) is 16.1. The first kappa shape index (κ1) is 19.5. The Bertz CT molecular complexity index is 1090. The fourth-order valence-corrected chi connectivity index (χ4v) is 4.53.